The number of carbonyl (C=O) groups excluding carboxylic acids is 1. The fraction of sp³-hybridized carbons (Fsp3) is 0.133. The van der Waals surface area contributed by atoms with Crippen LogP contribution >= 0.6 is 0 Å². The number of hydrogen-bond donors (Lipinski definition) is 0. The summed E-state index contributed by atoms with van der Waals surface area (Å²) in [5.74, 6) is 0.815. The van der Waals surface area contributed by atoms with E-state index in [4.69, 9.17) is 14.8 Å². The van der Waals surface area contributed by atoms with Crippen LogP contribution in [0.1, 0.15) is 23.6 Å². The van der Waals surface area contributed by atoms with E-state index in [1.54, 1.807) is 25.4 Å². The first-order valence-corrected chi connectivity index (χ1v) is 12.3. The molecule has 38 heavy (non-hydrogen) atoms. The van der Waals surface area contributed by atoms with Crippen molar-refractivity contribution in [2.24, 2.45) is 5.10 Å². The molecule has 188 valence electrons. The summed E-state index contributed by atoms with van der Waals surface area (Å²) < 4.78 is 20.9. The van der Waals surface area contributed by atoms with E-state index in [0.29, 0.717) is 17.9 Å². The lowest BCUT2D eigenvalue weighted by molar-refractivity contribution is -0.133. The van der Waals surface area contributed by atoms with E-state index < -0.39 is 0 Å². The summed E-state index contributed by atoms with van der Waals surface area (Å²) in [7, 11) is 1.62. The number of rotatable bonds is 6. The van der Waals surface area contributed by atoms with Gasteiger partial charge in [-0.25, -0.2) is 14.4 Å². The number of amides is 1. The standard InChI is InChI=1S/C30H24FN5O2/c1-38-23-15-11-20(12-16-23)26-18-28(21-9-13-22(31)14-10-21)36(34-26)29(37)19-35-27-8-3-2-6-24(27)33-30(35)25-7-4-5-17-32-25/h2-17,28H,18-19H2,1H3. The monoisotopic (exact) mass is 505 g/mol. The van der Waals surface area contributed by atoms with Crippen molar-refractivity contribution in [3.05, 3.63) is 114 Å². The van der Waals surface area contributed by atoms with Gasteiger partial charge in [0.25, 0.3) is 5.91 Å². The van der Waals surface area contributed by atoms with Crippen LogP contribution in [0.2, 0.25) is 0 Å². The van der Waals surface area contributed by atoms with Crippen LogP contribution in [0.3, 0.4) is 0 Å². The first-order valence-electron chi connectivity index (χ1n) is 12.3. The van der Waals surface area contributed by atoms with Crippen molar-refractivity contribution < 1.29 is 13.9 Å². The number of aromatic nitrogens is 3. The van der Waals surface area contributed by atoms with E-state index in [9.17, 15) is 9.18 Å². The van der Waals surface area contributed by atoms with Gasteiger partial charge in [0.2, 0.25) is 0 Å². The van der Waals surface area contributed by atoms with Crippen molar-refractivity contribution in [1.82, 2.24) is 19.5 Å². The molecule has 0 saturated heterocycles. The van der Waals surface area contributed by atoms with Crippen molar-refractivity contribution in [3.8, 4) is 17.3 Å². The quantitative estimate of drug-likeness (QED) is 0.300. The first-order chi connectivity index (χ1) is 18.6. The number of ether oxygens (including phenoxy) is 1. The van der Waals surface area contributed by atoms with Crippen LogP contribution in [-0.4, -0.2) is 38.3 Å². The molecule has 1 atom stereocenters. The zero-order chi connectivity index (χ0) is 26.1. The zero-order valence-corrected chi connectivity index (χ0v) is 20.7. The van der Waals surface area contributed by atoms with E-state index in [2.05, 4.69) is 4.98 Å². The number of benzene rings is 3. The fourth-order valence-corrected chi connectivity index (χ4v) is 4.78. The Labute approximate surface area is 218 Å². The van der Waals surface area contributed by atoms with E-state index in [-0.39, 0.29) is 24.3 Å². The van der Waals surface area contributed by atoms with Crippen LogP contribution in [0.25, 0.3) is 22.6 Å². The molecule has 0 bridgehead atoms. The van der Waals surface area contributed by atoms with Gasteiger partial charge in [-0.1, -0.05) is 30.3 Å². The Morgan fingerprint density at radius 2 is 1.74 bits per heavy atom. The van der Waals surface area contributed by atoms with Gasteiger partial charge in [-0.2, -0.15) is 5.10 Å². The highest BCUT2D eigenvalue weighted by molar-refractivity contribution is 6.03. The van der Waals surface area contributed by atoms with Crippen LogP contribution < -0.4 is 4.74 Å². The predicted molar refractivity (Wildman–Crippen MR) is 143 cm³/mol. The number of para-hydroxylation sites is 2. The van der Waals surface area contributed by atoms with Crippen LogP contribution in [0, 0.1) is 5.82 Å². The Balaban J connectivity index is 1.39. The predicted octanol–water partition coefficient (Wildman–Crippen LogP) is 5.62. The molecular weight excluding hydrogens is 481 g/mol. The number of fused-ring (bicyclic) bond motifs is 1. The third-order valence-electron chi connectivity index (χ3n) is 6.69. The number of pyridine rings is 1. The molecule has 7 nitrogen and oxygen atoms in total. The number of imidazole rings is 1. The smallest absolute Gasteiger partial charge is 0.263 e. The molecule has 6 rings (SSSR count). The molecular formula is C30H24FN5O2. The number of hydrazone groups is 1. The Bertz CT molecular complexity index is 1630. The van der Waals surface area contributed by atoms with Gasteiger partial charge in [0.15, 0.2) is 5.82 Å². The number of hydrogen-bond acceptors (Lipinski definition) is 5. The lowest BCUT2D eigenvalue weighted by atomic mass is 9.98. The fourth-order valence-electron chi connectivity index (χ4n) is 4.78. The third-order valence-corrected chi connectivity index (χ3v) is 6.69. The number of nitrogens with zero attached hydrogens (tertiary/aromatic N) is 5. The maximum atomic E-state index is 13.9. The Hall–Kier alpha value is -4.85. The third kappa shape index (κ3) is 4.41. The molecule has 2 aromatic heterocycles. The average Bonchev–Trinajstić information content (AvgIpc) is 3.57. The van der Waals surface area contributed by atoms with Gasteiger partial charge < -0.3 is 9.30 Å². The van der Waals surface area contributed by atoms with Crippen LogP contribution in [0.4, 0.5) is 4.39 Å². The Morgan fingerprint density at radius 3 is 2.47 bits per heavy atom. The van der Waals surface area contributed by atoms with Crippen LogP contribution in [0.15, 0.2) is 102 Å². The van der Waals surface area contributed by atoms with E-state index in [0.717, 1.165) is 33.6 Å². The summed E-state index contributed by atoms with van der Waals surface area (Å²) in [6.45, 7) is 0.0174. The molecule has 5 aromatic rings. The maximum absolute atomic E-state index is 13.9. The van der Waals surface area contributed by atoms with Gasteiger partial charge in [0, 0.05) is 12.6 Å². The first kappa shape index (κ1) is 23.5. The van der Waals surface area contributed by atoms with Gasteiger partial charge in [0.1, 0.15) is 23.8 Å². The summed E-state index contributed by atoms with van der Waals surface area (Å²) >= 11 is 0. The number of carbonyl (C=O) groups is 1. The molecule has 0 saturated carbocycles. The van der Waals surface area contributed by atoms with E-state index in [1.165, 1.54) is 17.1 Å². The molecule has 1 aliphatic rings. The molecule has 1 amide bonds. The molecule has 0 radical (unpaired) electrons. The van der Waals surface area contributed by atoms with E-state index >= 15 is 0 Å². The minimum absolute atomic E-state index is 0.0174. The molecule has 0 fully saturated rings. The second-order valence-electron chi connectivity index (χ2n) is 9.01. The average molecular weight is 506 g/mol. The highest BCUT2D eigenvalue weighted by Crippen LogP contribution is 2.34. The summed E-state index contributed by atoms with van der Waals surface area (Å²) in [5.41, 5.74) is 4.77. The summed E-state index contributed by atoms with van der Waals surface area (Å²) in [4.78, 5) is 23.2. The van der Waals surface area contributed by atoms with Gasteiger partial charge in [-0.05, 0) is 71.8 Å². The molecule has 3 heterocycles. The van der Waals surface area contributed by atoms with Crippen molar-refractivity contribution in [3.63, 3.8) is 0 Å². The maximum Gasteiger partial charge on any atom is 0.263 e. The highest BCUT2D eigenvalue weighted by atomic mass is 19.1. The largest absolute Gasteiger partial charge is 0.497 e. The van der Waals surface area contributed by atoms with Crippen molar-refractivity contribution in [2.45, 2.75) is 19.0 Å². The Kier molecular flexibility index (Phi) is 6.13. The van der Waals surface area contributed by atoms with Crippen molar-refractivity contribution in [2.75, 3.05) is 7.11 Å². The number of methoxy groups -OCH3 is 1. The molecule has 0 N–H and O–H groups in total. The van der Waals surface area contributed by atoms with Gasteiger partial charge in [-0.15, -0.1) is 0 Å². The molecule has 0 aliphatic carbocycles. The highest BCUT2D eigenvalue weighted by Gasteiger charge is 2.34. The zero-order valence-electron chi connectivity index (χ0n) is 20.7. The lowest BCUT2D eigenvalue weighted by Crippen LogP contribution is -2.30. The lowest BCUT2D eigenvalue weighted by Gasteiger charge is -2.23. The molecule has 1 aliphatic heterocycles. The second-order valence-corrected chi connectivity index (χ2v) is 9.01. The minimum atomic E-state index is -0.367. The van der Waals surface area contributed by atoms with Crippen LogP contribution in [-0.2, 0) is 11.3 Å². The van der Waals surface area contributed by atoms with Crippen molar-refractivity contribution >= 4 is 22.7 Å². The topological polar surface area (TPSA) is 72.6 Å². The number of halogens is 1. The van der Waals surface area contributed by atoms with Gasteiger partial charge >= 0.3 is 0 Å². The van der Waals surface area contributed by atoms with Crippen LogP contribution in [0.5, 0.6) is 5.75 Å². The molecule has 8 heteroatoms. The second kappa shape index (κ2) is 9.89. The van der Waals surface area contributed by atoms with Gasteiger partial charge in [-0.3, -0.25) is 9.78 Å². The SMILES string of the molecule is COc1ccc(C2=NN(C(=O)Cn3c(-c4ccccn4)nc4ccccc43)C(c3ccc(F)cc3)C2)cc1. The normalized spacial score (nSPS) is 15.1. The summed E-state index contributed by atoms with van der Waals surface area (Å²) in [6.07, 6.45) is 2.21. The van der Waals surface area contributed by atoms with E-state index in [1.807, 2.05) is 71.3 Å². The minimum Gasteiger partial charge on any atom is -0.497 e. The van der Waals surface area contributed by atoms with Crippen molar-refractivity contribution in [1.29, 1.82) is 0 Å². The molecule has 1 unspecified atom stereocenters. The van der Waals surface area contributed by atoms with Gasteiger partial charge in [0.05, 0.1) is 29.9 Å². The Morgan fingerprint density at radius 1 is 0.974 bits per heavy atom. The molecule has 3 aromatic carbocycles. The summed E-state index contributed by atoms with van der Waals surface area (Å²) in [5, 5.41) is 6.29. The summed E-state index contributed by atoms with van der Waals surface area (Å²) in [6, 6.07) is 26.8. The molecule has 0 spiro atoms.